The van der Waals surface area contributed by atoms with Gasteiger partial charge in [-0.05, 0) is 55.0 Å². The third kappa shape index (κ3) is 3.58. The standard InChI is InChI=1S/C21H24N2O3S/c24-21-8-4-14-22(21)16-13-17-9-11-19(12-10-17)27(25,26)23-15-3-6-18-5-1-2-7-20(18)23/h1-2,5,7,9-12H,3-4,6,8,13-16H2. The van der Waals surface area contributed by atoms with E-state index in [1.165, 1.54) is 4.31 Å². The fraction of sp³-hybridized carbons (Fsp3) is 0.381. The van der Waals surface area contributed by atoms with Crippen molar-refractivity contribution in [2.75, 3.05) is 23.9 Å². The Morgan fingerprint density at radius 3 is 2.37 bits per heavy atom. The summed E-state index contributed by atoms with van der Waals surface area (Å²) < 4.78 is 27.8. The first kappa shape index (κ1) is 18.0. The van der Waals surface area contributed by atoms with Crippen molar-refractivity contribution in [3.8, 4) is 0 Å². The van der Waals surface area contributed by atoms with Crippen molar-refractivity contribution in [1.29, 1.82) is 0 Å². The van der Waals surface area contributed by atoms with Gasteiger partial charge in [0.1, 0.15) is 0 Å². The van der Waals surface area contributed by atoms with Crippen molar-refractivity contribution in [2.24, 2.45) is 0 Å². The van der Waals surface area contributed by atoms with E-state index in [0.29, 0.717) is 24.4 Å². The molecule has 4 rings (SSSR count). The van der Waals surface area contributed by atoms with Gasteiger partial charge in [0.15, 0.2) is 0 Å². The largest absolute Gasteiger partial charge is 0.342 e. The molecule has 0 N–H and O–H groups in total. The maximum atomic E-state index is 13.1. The van der Waals surface area contributed by atoms with Crippen LogP contribution in [0.4, 0.5) is 5.69 Å². The number of hydrogen-bond acceptors (Lipinski definition) is 3. The van der Waals surface area contributed by atoms with Crippen LogP contribution in [0.5, 0.6) is 0 Å². The number of aryl methyl sites for hydroxylation is 1. The molecule has 1 saturated heterocycles. The van der Waals surface area contributed by atoms with Gasteiger partial charge < -0.3 is 4.90 Å². The molecule has 2 heterocycles. The first-order valence-electron chi connectivity index (χ1n) is 9.53. The van der Waals surface area contributed by atoms with Gasteiger partial charge in [-0.2, -0.15) is 0 Å². The molecule has 0 saturated carbocycles. The van der Waals surface area contributed by atoms with E-state index in [9.17, 15) is 13.2 Å². The molecule has 2 aliphatic heterocycles. The Kier molecular flexibility index (Phi) is 4.91. The summed E-state index contributed by atoms with van der Waals surface area (Å²) >= 11 is 0. The predicted octanol–water partition coefficient (Wildman–Crippen LogP) is 2.99. The van der Waals surface area contributed by atoms with Crippen LogP contribution in [0.15, 0.2) is 53.4 Å². The Bertz CT molecular complexity index is 938. The topological polar surface area (TPSA) is 57.7 Å². The number of carbonyl (C=O) groups excluding carboxylic acids is 1. The van der Waals surface area contributed by atoms with Crippen molar-refractivity contribution >= 4 is 21.6 Å². The molecule has 0 atom stereocenters. The number of fused-ring (bicyclic) bond motifs is 1. The number of carbonyl (C=O) groups is 1. The minimum Gasteiger partial charge on any atom is -0.342 e. The molecule has 5 nitrogen and oxygen atoms in total. The SMILES string of the molecule is O=C1CCCN1CCc1ccc(S(=O)(=O)N2CCCc3ccccc32)cc1. The molecule has 0 radical (unpaired) electrons. The van der Waals surface area contributed by atoms with E-state index < -0.39 is 10.0 Å². The summed E-state index contributed by atoms with van der Waals surface area (Å²) in [6.07, 6.45) is 4.08. The monoisotopic (exact) mass is 384 g/mol. The van der Waals surface area contributed by atoms with Gasteiger partial charge >= 0.3 is 0 Å². The van der Waals surface area contributed by atoms with Crippen LogP contribution in [0, 0.1) is 0 Å². The summed E-state index contributed by atoms with van der Waals surface area (Å²) in [5.74, 6) is 0.220. The fourth-order valence-electron chi connectivity index (χ4n) is 3.91. The van der Waals surface area contributed by atoms with Crippen molar-refractivity contribution in [3.05, 3.63) is 59.7 Å². The lowest BCUT2D eigenvalue weighted by Gasteiger charge is -2.30. The quantitative estimate of drug-likeness (QED) is 0.796. The summed E-state index contributed by atoms with van der Waals surface area (Å²) in [6.45, 7) is 2.04. The number of anilines is 1. The lowest BCUT2D eigenvalue weighted by Crippen LogP contribution is -2.35. The second-order valence-electron chi connectivity index (χ2n) is 7.19. The van der Waals surface area contributed by atoms with Crippen molar-refractivity contribution in [1.82, 2.24) is 4.90 Å². The van der Waals surface area contributed by atoms with E-state index in [-0.39, 0.29) is 5.91 Å². The maximum Gasteiger partial charge on any atom is 0.264 e. The molecule has 142 valence electrons. The number of hydrogen-bond donors (Lipinski definition) is 0. The van der Waals surface area contributed by atoms with Crippen LogP contribution in [0.25, 0.3) is 0 Å². The molecule has 0 unspecified atom stereocenters. The molecule has 1 amide bonds. The number of para-hydroxylation sites is 1. The summed E-state index contributed by atoms with van der Waals surface area (Å²) in [4.78, 5) is 13.9. The Morgan fingerprint density at radius 1 is 0.889 bits per heavy atom. The van der Waals surface area contributed by atoms with Gasteiger partial charge in [0, 0.05) is 26.1 Å². The second kappa shape index (κ2) is 7.35. The summed E-state index contributed by atoms with van der Waals surface area (Å²) in [7, 11) is -3.56. The molecular weight excluding hydrogens is 360 g/mol. The molecule has 0 bridgehead atoms. The van der Waals surface area contributed by atoms with Crippen LogP contribution in [0.2, 0.25) is 0 Å². The third-order valence-corrected chi connectivity index (χ3v) is 7.25. The van der Waals surface area contributed by atoms with E-state index in [2.05, 4.69) is 0 Å². The van der Waals surface area contributed by atoms with Crippen molar-refractivity contribution in [2.45, 2.75) is 37.0 Å². The number of sulfonamides is 1. The molecule has 27 heavy (non-hydrogen) atoms. The molecule has 6 heteroatoms. The van der Waals surface area contributed by atoms with Crippen LogP contribution in [0.1, 0.15) is 30.4 Å². The lowest BCUT2D eigenvalue weighted by atomic mass is 10.0. The second-order valence-corrected chi connectivity index (χ2v) is 9.05. The van der Waals surface area contributed by atoms with Gasteiger partial charge in [-0.3, -0.25) is 9.10 Å². The Labute approximate surface area is 160 Å². The first-order chi connectivity index (χ1) is 13.1. The highest BCUT2D eigenvalue weighted by atomic mass is 32.2. The average molecular weight is 385 g/mol. The Hall–Kier alpha value is -2.34. The van der Waals surface area contributed by atoms with Crippen LogP contribution < -0.4 is 4.31 Å². The molecule has 0 spiro atoms. The molecule has 0 aromatic heterocycles. The minimum atomic E-state index is -3.56. The highest BCUT2D eigenvalue weighted by molar-refractivity contribution is 7.92. The van der Waals surface area contributed by atoms with E-state index in [1.807, 2.05) is 41.3 Å². The number of nitrogens with zero attached hydrogens (tertiary/aromatic N) is 2. The lowest BCUT2D eigenvalue weighted by molar-refractivity contribution is -0.127. The fourth-order valence-corrected chi connectivity index (χ4v) is 5.45. The average Bonchev–Trinajstić information content (AvgIpc) is 3.11. The summed E-state index contributed by atoms with van der Waals surface area (Å²) in [5.41, 5.74) is 2.92. The zero-order valence-electron chi connectivity index (χ0n) is 15.3. The van der Waals surface area contributed by atoms with Gasteiger partial charge in [0.2, 0.25) is 5.91 Å². The number of rotatable bonds is 5. The molecule has 2 aliphatic rings. The first-order valence-corrected chi connectivity index (χ1v) is 11.0. The van der Waals surface area contributed by atoms with Gasteiger partial charge in [0.05, 0.1) is 10.6 Å². The minimum absolute atomic E-state index is 0.220. The van der Waals surface area contributed by atoms with Gasteiger partial charge in [-0.25, -0.2) is 8.42 Å². The molecule has 0 aliphatic carbocycles. The number of likely N-dealkylation sites (tertiary alicyclic amines) is 1. The van der Waals surface area contributed by atoms with Gasteiger partial charge in [-0.15, -0.1) is 0 Å². The van der Waals surface area contributed by atoms with Crippen LogP contribution in [-0.2, 0) is 27.7 Å². The molecule has 1 fully saturated rings. The van der Waals surface area contributed by atoms with Crippen LogP contribution in [0.3, 0.4) is 0 Å². The Morgan fingerprint density at radius 2 is 1.63 bits per heavy atom. The van der Waals surface area contributed by atoms with E-state index in [1.54, 1.807) is 12.1 Å². The zero-order valence-corrected chi connectivity index (χ0v) is 16.1. The van der Waals surface area contributed by atoms with Gasteiger partial charge in [0.25, 0.3) is 10.0 Å². The van der Waals surface area contributed by atoms with Gasteiger partial charge in [-0.1, -0.05) is 30.3 Å². The van der Waals surface area contributed by atoms with Crippen molar-refractivity contribution in [3.63, 3.8) is 0 Å². The molecule has 2 aromatic rings. The highest BCUT2D eigenvalue weighted by Crippen LogP contribution is 2.31. The third-order valence-electron chi connectivity index (χ3n) is 5.42. The number of benzene rings is 2. The van der Waals surface area contributed by atoms with E-state index in [4.69, 9.17) is 0 Å². The smallest absolute Gasteiger partial charge is 0.264 e. The van der Waals surface area contributed by atoms with Crippen molar-refractivity contribution < 1.29 is 13.2 Å². The summed E-state index contributed by atoms with van der Waals surface area (Å²) in [6, 6.07) is 14.8. The van der Waals surface area contributed by atoms with Crippen LogP contribution >= 0.6 is 0 Å². The van der Waals surface area contributed by atoms with Crippen LogP contribution in [-0.4, -0.2) is 38.9 Å². The zero-order chi connectivity index (χ0) is 18.9. The molecule has 2 aromatic carbocycles. The van der Waals surface area contributed by atoms with E-state index >= 15 is 0 Å². The predicted molar refractivity (Wildman–Crippen MR) is 105 cm³/mol. The normalized spacial score (nSPS) is 17.3. The maximum absolute atomic E-state index is 13.1. The number of amides is 1. The van der Waals surface area contributed by atoms with E-state index in [0.717, 1.165) is 49.0 Å². The molecular formula is C21H24N2O3S. The highest BCUT2D eigenvalue weighted by Gasteiger charge is 2.28. The summed E-state index contributed by atoms with van der Waals surface area (Å²) in [5, 5.41) is 0. The Balaban J connectivity index is 1.50.